The first kappa shape index (κ1) is 95.0. The maximum Gasteiger partial charge on any atom is 2.00 e. The molecule has 91 heavy (non-hydrogen) atoms. The van der Waals surface area contributed by atoms with E-state index in [2.05, 4.69) is 27.7 Å². The number of hydrogen-bond acceptors (Lipinski definition) is 1. The van der Waals surface area contributed by atoms with Crippen LogP contribution < -0.4 is 0 Å². The van der Waals surface area contributed by atoms with Crippen LogP contribution in [0.15, 0.2) is 0 Å². The quantitative estimate of drug-likeness (QED) is 0.0264. The van der Waals surface area contributed by atoms with Crippen molar-refractivity contribution in [3.63, 3.8) is 0 Å². The van der Waals surface area contributed by atoms with Gasteiger partial charge >= 0.3 is 64.5 Å². The summed E-state index contributed by atoms with van der Waals surface area (Å²) in [6, 6.07) is 6.15. The van der Waals surface area contributed by atoms with Gasteiger partial charge in [0.1, 0.15) is 0 Å². The van der Waals surface area contributed by atoms with E-state index in [9.17, 15) is 132 Å². The van der Waals surface area contributed by atoms with Crippen LogP contribution in [0, 0.1) is 211 Å². The van der Waals surface area contributed by atoms with Crippen LogP contribution in [-0.4, -0.2) is 43.9 Å². The summed E-state index contributed by atoms with van der Waals surface area (Å²) < 4.78 is 365. The van der Waals surface area contributed by atoms with Crippen LogP contribution in [-0.2, 0) is 69.2 Å². The smallest absolute Gasteiger partial charge is 0.382 e. The van der Waals surface area contributed by atoms with Crippen molar-refractivity contribution in [1.82, 2.24) is 0 Å². The minimum absolute atomic E-state index is 0. The number of unbranched alkanes of at least 4 members (excludes halogenated alkanes) is 4. The molecule has 0 heterocycles. The molecule has 0 aromatic heterocycles. The van der Waals surface area contributed by atoms with E-state index < -0.39 is 175 Å². The Labute approximate surface area is 546 Å². The van der Waals surface area contributed by atoms with Crippen LogP contribution in [0.5, 0.6) is 0 Å². The number of quaternary nitrogens is 1. The van der Waals surface area contributed by atoms with Gasteiger partial charge in [-0.1, -0.05) is 53.4 Å². The monoisotopic (exact) mass is 1820 g/mol. The molecule has 6 rings (SSSR count). The summed E-state index contributed by atoms with van der Waals surface area (Å²) in [5.41, 5.74) is 0. The van der Waals surface area contributed by atoms with Crippen molar-refractivity contribution in [2.75, 3.05) is 39.4 Å². The number of nitrogens with zero attached hydrogens (tertiary/aromatic N) is 1. The topological polar surface area (TPSA) is 9.23 Å². The third-order valence-electron chi connectivity index (χ3n) is 10.3. The molecule has 0 fully saturated rings. The zero-order chi connectivity index (χ0) is 68.7. The summed E-state index contributed by atoms with van der Waals surface area (Å²) in [4.78, 5) is 0. The fourth-order valence-corrected chi connectivity index (χ4v) is 5.82. The van der Waals surface area contributed by atoms with Gasteiger partial charge in [-0.15, -0.1) is 36.4 Å². The van der Waals surface area contributed by atoms with Gasteiger partial charge in [0.15, 0.2) is 0 Å². The number of hydrogen-bond donors (Lipinski definition) is 0. The summed E-state index contributed by atoms with van der Waals surface area (Å²) in [6.07, 6.45) is 11.1. The largest absolute Gasteiger partial charge is 2.00 e. The Hall–Kier alpha value is -4.74. The van der Waals surface area contributed by atoms with E-state index in [0.29, 0.717) is 0 Å². The molecule has 0 aliphatic carbocycles. The predicted molar refractivity (Wildman–Crippen MR) is 252 cm³/mol. The molecule has 0 bridgehead atoms. The minimum Gasteiger partial charge on any atom is -0.382 e. The molecule has 0 aliphatic heterocycles. The summed E-state index contributed by atoms with van der Waals surface area (Å²) in [6.45, 7) is 20.7. The Morgan fingerprint density at radius 2 is 0.330 bits per heavy atom. The Morgan fingerprint density at radius 3 is 0.407 bits per heavy atom. The third kappa shape index (κ3) is 31.4. The average Bonchev–Trinajstić information content (AvgIpc) is 3.46. The maximum atomic E-state index is 12.0. The van der Waals surface area contributed by atoms with Gasteiger partial charge in [0, 0.05) is 13.2 Å². The molecule has 35 heteroatoms. The van der Waals surface area contributed by atoms with Crippen molar-refractivity contribution in [1.29, 1.82) is 0 Å². The Morgan fingerprint density at radius 1 is 0.220 bits per heavy atom. The van der Waals surface area contributed by atoms with Crippen molar-refractivity contribution in [2.24, 2.45) is 0 Å². The van der Waals surface area contributed by atoms with Crippen molar-refractivity contribution in [3.05, 3.63) is 211 Å². The summed E-state index contributed by atoms with van der Waals surface area (Å²) in [5.74, 6) is -60.3. The van der Waals surface area contributed by atoms with Gasteiger partial charge in [0.05, 0.1) is 201 Å². The standard InChI is InChI=1S/C16H36N.6C6F5.C4H10O.Ag.2Pt/c1-5-9-13-17(14-10-6-2,15-11-7-3)16-12-8-4;6*7-2-1-3(8)5(10)6(11)4(2)9;1-3-5-4-2;;;/h5-16H2,1-4H3;;;;;;;3-4H2,1-2H3;;;/q+1;6*-1;;+1;2*+2. The van der Waals surface area contributed by atoms with Crippen LogP contribution in [0.4, 0.5) is 132 Å². The van der Waals surface area contributed by atoms with Crippen molar-refractivity contribution in [2.45, 2.75) is 92.9 Å². The van der Waals surface area contributed by atoms with Crippen LogP contribution in [0.1, 0.15) is 92.9 Å². The second kappa shape index (κ2) is 48.0. The fraction of sp³-hybridized carbons (Fsp3) is 0.357. The second-order valence-electron chi connectivity index (χ2n) is 16.6. The van der Waals surface area contributed by atoms with Gasteiger partial charge in [-0.25, -0.2) is 79.0 Å². The molecule has 6 aromatic rings. The van der Waals surface area contributed by atoms with Crippen LogP contribution in [0.2, 0.25) is 0 Å². The van der Waals surface area contributed by atoms with Crippen molar-refractivity contribution in [3.8, 4) is 0 Å². The second-order valence-corrected chi connectivity index (χ2v) is 16.6. The zero-order valence-corrected chi connectivity index (χ0v) is 53.1. The number of halogens is 30. The molecule has 0 aliphatic rings. The minimum atomic E-state index is -2.17. The normalized spacial score (nSPS) is 10.2. The summed E-state index contributed by atoms with van der Waals surface area (Å²) >= 11 is 0. The molecule has 6 aromatic carbocycles. The summed E-state index contributed by atoms with van der Waals surface area (Å²) in [7, 11) is 0. The SMILES string of the molecule is CCCC[N+](CCCC)(CCCC)CCCC.CCOCC.Fc1[c-]c(F)c(F)c(F)c1F.Fc1[c-]c(F)c(F)c(F)c1F.Fc1[c-]c(F)c(F)c(F)c1F.Fc1[c-]c(F)c(F)c(F)c1F.Fc1[c-]c(F)c(F)c(F)c1F.Fc1[c-]c(F)c(F)c(F)c1F.[Ag+].[Pt+2].[Pt+2]. The number of benzene rings is 6. The predicted octanol–water partition coefficient (Wildman–Crippen LogP) is 19.1. The molecule has 0 amide bonds. The van der Waals surface area contributed by atoms with E-state index >= 15 is 0 Å². The molecule has 0 saturated carbocycles. The Balaban J connectivity index is -0.000000312. The van der Waals surface area contributed by atoms with Gasteiger partial charge in [0.2, 0.25) is 0 Å². The van der Waals surface area contributed by atoms with E-state index in [1.165, 1.54) is 82.0 Å². The first-order valence-corrected chi connectivity index (χ1v) is 24.8. The van der Waals surface area contributed by atoms with Crippen LogP contribution in [0.25, 0.3) is 0 Å². The molecule has 522 valence electrons. The Bertz CT molecular complexity index is 2470. The summed E-state index contributed by atoms with van der Waals surface area (Å²) in [5, 5.41) is 0. The molecular formula is C56H46AgF30NOPt2. The Kier molecular flexibility index (Phi) is 50.1. The molecule has 0 atom stereocenters. The molecule has 0 N–H and O–H groups in total. The van der Waals surface area contributed by atoms with E-state index in [1.807, 2.05) is 13.8 Å². The van der Waals surface area contributed by atoms with Gasteiger partial charge in [-0.05, 0) is 39.5 Å². The molecule has 0 saturated heterocycles. The fourth-order valence-electron chi connectivity index (χ4n) is 5.82. The van der Waals surface area contributed by atoms with Gasteiger partial charge < -0.3 is 9.22 Å². The van der Waals surface area contributed by atoms with Gasteiger partial charge in [0.25, 0.3) is 0 Å². The van der Waals surface area contributed by atoms with E-state index in [1.54, 1.807) is 0 Å². The van der Waals surface area contributed by atoms with Crippen molar-refractivity contribution >= 4 is 0 Å². The number of rotatable bonds is 14. The van der Waals surface area contributed by atoms with E-state index in [-0.39, 0.29) is 64.5 Å². The van der Waals surface area contributed by atoms with E-state index in [0.717, 1.165) is 49.6 Å². The molecule has 0 unspecified atom stereocenters. The van der Waals surface area contributed by atoms with Crippen LogP contribution >= 0.6 is 0 Å². The molecule has 2 nitrogen and oxygen atoms in total. The van der Waals surface area contributed by atoms with Gasteiger partial charge in [-0.2, -0.15) is 0 Å². The average molecular weight is 1820 g/mol. The van der Waals surface area contributed by atoms with Gasteiger partial charge in [-0.3, -0.25) is 52.7 Å². The van der Waals surface area contributed by atoms with Crippen molar-refractivity contribution < 1.29 is 205 Å². The molecular weight excluding hydrogens is 1770 g/mol. The molecule has 0 radical (unpaired) electrons. The first-order valence-electron chi connectivity index (χ1n) is 24.8. The van der Waals surface area contributed by atoms with E-state index in [4.69, 9.17) is 4.74 Å². The zero-order valence-electron chi connectivity index (χ0n) is 47.0. The van der Waals surface area contributed by atoms with Crippen LogP contribution in [0.3, 0.4) is 0 Å². The number of ether oxygens (including phenoxy) is 1. The maximum absolute atomic E-state index is 12.0. The first-order chi connectivity index (χ1) is 40.9. The molecule has 0 spiro atoms. The third-order valence-corrected chi connectivity index (χ3v) is 10.3.